The molecule has 0 saturated heterocycles. The molecule has 1 aromatic rings. The van der Waals surface area contributed by atoms with Gasteiger partial charge < -0.3 is 5.32 Å². The van der Waals surface area contributed by atoms with Gasteiger partial charge in [0.1, 0.15) is 17.1 Å². The molecule has 6 heteroatoms. The maximum Gasteiger partial charge on any atom is 0.267 e. The first-order valence-electron chi connectivity index (χ1n) is 5.74. The molecule has 0 spiro atoms. The lowest BCUT2D eigenvalue weighted by Gasteiger charge is -2.11. The van der Waals surface area contributed by atoms with Crippen LogP contribution in [-0.4, -0.2) is 11.0 Å². The first kappa shape index (κ1) is 14.9. The quantitative estimate of drug-likeness (QED) is 0.508. The van der Waals surface area contributed by atoms with Crippen molar-refractivity contribution in [3.63, 3.8) is 0 Å². The fraction of sp³-hybridized carbons (Fsp3) is 0.308. The minimum absolute atomic E-state index is 0.0630. The highest BCUT2D eigenvalue weighted by Crippen LogP contribution is 2.28. The molecule has 0 amide bonds. The summed E-state index contributed by atoms with van der Waals surface area (Å²) in [5.74, 6) is 0. The molecule has 1 heterocycles. The fourth-order valence-electron chi connectivity index (χ4n) is 1.53. The molecule has 0 bridgehead atoms. The number of nitro groups is 1. The molecule has 100 valence electrons. The van der Waals surface area contributed by atoms with Gasteiger partial charge in [0.15, 0.2) is 0 Å². The second-order valence-electron chi connectivity index (χ2n) is 3.95. The number of nitrogens with one attached hydrogen (secondary N) is 1. The molecule has 1 atom stereocenters. The van der Waals surface area contributed by atoms with Crippen molar-refractivity contribution in [2.75, 3.05) is 5.32 Å². The Morgan fingerprint density at radius 1 is 1.68 bits per heavy atom. The van der Waals surface area contributed by atoms with Crippen LogP contribution in [0.5, 0.6) is 0 Å². The second kappa shape index (κ2) is 6.71. The minimum atomic E-state index is -0.476. The van der Waals surface area contributed by atoms with Crippen molar-refractivity contribution in [1.29, 1.82) is 5.26 Å². The number of anilines is 1. The highest BCUT2D eigenvalue weighted by Gasteiger charge is 2.21. The van der Waals surface area contributed by atoms with Crippen LogP contribution in [0, 0.1) is 28.4 Å². The SMILES string of the molecule is C/C=C\C=C(/C(C)Nc1sc(C)cc1C#N)[N+](=O)[O-]. The van der Waals surface area contributed by atoms with E-state index in [0.29, 0.717) is 10.6 Å². The Hall–Kier alpha value is -2.13. The second-order valence-corrected chi connectivity index (χ2v) is 5.21. The number of thiophene rings is 1. The van der Waals surface area contributed by atoms with Crippen LogP contribution in [0.4, 0.5) is 5.00 Å². The van der Waals surface area contributed by atoms with Crippen molar-refractivity contribution in [2.45, 2.75) is 26.8 Å². The summed E-state index contributed by atoms with van der Waals surface area (Å²) in [5, 5.41) is 23.7. The van der Waals surface area contributed by atoms with Crippen molar-refractivity contribution in [3.8, 4) is 6.07 Å². The zero-order valence-electron chi connectivity index (χ0n) is 11.0. The fourth-order valence-corrected chi connectivity index (χ4v) is 2.48. The van der Waals surface area contributed by atoms with Crippen LogP contribution in [-0.2, 0) is 0 Å². The predicted octanol–water partition coefficient (Wildman–Crippen LogP) is 3.47. The molecule has 0 aliphatic rings. The highest BCUT2D eigenvalue weighted by molar-refractivity contribution is 7.16. The number of nitrogens with zero attached hydrogens (tertiary/aromatic N) is 2. The third kappa shape index (κ3) is 3.93. The molecule has 1 aromatic heterocycles. The Morgan fingerprint density at radius 3 is 2.89 bits per heavy atom. The molecule has 0 aliphatic heterocycles. The van der Waals surface area contributed by atoms with Gasteiger partial charge >= 0.3 is 0 Å². The van der Waals surface area contributed by atoms with Crippen molar-refractivity contribution in [2.24, 2.45) is 0 Å². The van der Waals surface area contributed by atoms with Gasteiger partial charge in [-0.3, -0.25) is 10.1 Å². The third-order valence-corrected chi connectivity index (χ3v) is 3.42. The molecule has 1 N–H and O–H groups in total. The third-order valence-electron chi connectivity index (χ3n) is 2.44. The molecule has 5 nitrogen and oxygen atoms in total. The maximum atomic E-state index is 11.0. The zero-order chi connectivity index (χ0) is 14.4. The van der Waals surface area contributed by atoms with Crippen molar-refractivity contribution >= 4 is 16.3 Å². The lowest BCUT2D eigenvalue weighted by molar-refractivity contribution is -0.428. The van der Waals surface area contributed by atoms with E-state index in [1.54, 1.807) is 32.1 Å². The van der Waals surface area contributed by atoms with Crippen molar-refractivity contribution in [3.05, 3.63) is 50.5 Å². The smallest absolute Gasteiger partial charge is 0.267 e. The van der Waals surface area contributed by atoms with Gasteiger partial charge in [0.25, 0.3) is 5.70 Å². The lowest BCUT2D eigenvalue weighted by atomic mass is 10.2. The summed E-state index contributed by atoms with van der Waals surface area (Å²) >= 11 is 1.42. The average molecular weight is 277 g/mol. The largest absolute Gasteiger partial charge is 0.363 e. The van der Waals surface area contributed by atoms with Crippen LogP contribution in [0.2, 0.25) is 0 Å². The van der Waals surface area contributed by atoms with E-state index in [9.17, 15) is 10.1 Å². The number of aryl methyl sites for hydroxylation is 1. The Morgan fingerprint density at radius 2 is 2.37 bits per heavy atom. The molecule has 0 aromatic carbocycles. The van der Waals surface area contributed by atoms with Gasteiger partial charge in [0.05, 0.1) is 10.5 Å². The van der Waals surface area contributed by atoms with Gasteiger partial charge in [-0.15, -0.1) is 11.3 Å². The lowest BCUT2D eigenvalue weighted by Crippen LogP contribution is -2.22. The number of hydrogen-bond acceptors (Lipinski definition) is 5. The summed E-state index contributed by atoms with van der Waals surface area (Å²) in [6.45, 7) is 5.39. The maximum absolute atomic E-state index is 11.0. The number of rotatable bonds is 5. The summed E-state index contributed by atoms with van der Waals surface area (Å²) in [4.78, 5) is 11.6. The van der Waals surface area contributed by atoms with Crippen LogP contribution in [0.1, 0.15) is 24.3 Å². The number of hydrogen-bond donors (Lipinski definition) is 1. The van der Waals surface area contributed by atoms with Crippen molar-refractivity contribution < 1.29 is 4.92 Å². The van der Waals surface area contributed by atoms with Crippen LogP contribution >= 0.6 is 11.3 Å². The first-order chi connectivity index (χ1) is 8.99. The highest BCUT2D eigenvalue weighted by atomic mass is 32.1. The summed E-state index contributed by atoms with van der Waals surface area (Å²) < 4.78 is 0. The van der Waals surface area contributed by atoms with Crippen LogP contribution < -0.4 is 5.32 Å². The van der Waals surface area contributed by atoms with E-state index in [-0.39, 0.29) is 5.70 Å². The molecule has 0 saturated carbocycles. The topological polar surface area (TPSA) is 79.0 Å². The van der Waals surface area contributed by atoms with E-state index >= 15 is 0 Å². The molecule has 0 fully saturated rings. The van der Waals surface area contributed by atoms with Gasteiger partial charge in [0, 0.05) is 11.0 Å². The monoisotopic (exact) mass is 277 g/mol. The first-order valence-corrected chi connectivity index (χ1v) is 6.55. The van der Waals surface area contributed by atoms with Crippen LogP contribution in [0.25, 0.3) is 0 Å². The van der Waals surface area contributed by atoms with E-state index in [4.69, 9.17) is 5.26 Å². The van der Waals surface area contributed by atoms with Crippen molar-refractivity contribution in [1.82, 2.24) is 0 Å². The minimum Gasteiger partial charge on any atom is -0.363 e. The Kier molecular flexibility index (Phi) is 5.27. The normalized spacial score (nSPS) is 13.3. The molecule has 0 aliphatic carbocycles. The Labute approximate surface area is 116 Å². The van der Waals surface area contributed by atoms with Gasteiger partial charge in [-0.2, -0.15) is 5.26 Å². The molecule has 0 radical (unpaired) electrons. The molecule has 1 unspecified atom stereocenters. The van der Waals surface area contributed by atoms with Gasteiger partial charge in [-0.05, 0) is 26.8 Å². The predicted molar refractivity (Wildman–Crippen MR) is 76.7 cm³/mol. The summed E-state index contributed by atoms with van der Waals surface area (Å²) in [6, 6.07) is 3.37. The van der Waals surface area contributed by atoms with E-state index in [0.717, 1.165) is 4.88 Å². The molecular weight excluding hydrogens is 262 g/mol. The Bertz CT molecular complexity index is 567. The van der Waals surface area contributed by atoms with E-state index < -0.39 is 11.0 Å². The van der Waals surface area contributed by atoms with E-state index in [2.05, 4.69) is 11.4 Å². The van der Waals surface area contributed by atoms with Gasteiger partial charge in [0.2, 0.25) is 0 Å². The van der Waals surface area contributed by atoms with E-state index in [1.165, 1.54) is 17.4 Å². The van der Waals surface area contributed by atoms with Gasteiger partial charge in [-0.1, -0.05) is 12.2 Å². The van der Waals surface area contributed by atoms with Gasteiger partial charge in [-0.25, -0.2) is 0 Å². The molecule has 1 rings (SSSR count). The van der Waals surface area contributed by atoms with E-state index in [1.807, 2.05) is 6.92 Å². The summed E-state index contributed by atoms with van der Waals surface area (Å²) in [7, 11) is 0. The number of nitriles is 1. The zero-order valence-corrected chi connectivity index (χ0v) is 11.8. The van der Waals surface area contributed by atoms with Crippen LogP contribution in [0.15, 0.2) is 30.0 Å². The standard InChI is InChI=1S/C13H15N3O2S/c1-4-5-6-12(16(17)18)10(3)15-13-11(8-14)7-9(2)19-13/h4-7,10,15H,1-3H3/b5-4-,12-6+. The molecule has 19 heavy (non-hydrogen) atoms. The number of allylic oxidation sites excluding steroid dienone is 3. The average Bonchev–Trinajstić information content (AvgIpc) is 2.69. The Balaban J connectivity index is 2.97. The molecular formula is C13H15N3O2S. The summed E-state index contributed by atoms with van der Waals surface area (Å²) in [6.07, 6.45) is 4.82. The van der Waals surface area contributed by atoms with Crippen LogP contribution in [0.3, 0.4) is 0 Å². The summed E-state index contributed by atoms with van der Waals surface area (Å²) in [5.41, 5.74) is 0.580.